The van der Waals surface area contributed by atoms with Gasteiger partial charge < -0.3 is 15.4 Å². The number of nitrogens with two attached hydrogens (primary N) is 1. The van der Waals surface area contributed by atoms with Crippen molar-refractivity contribution in [2.45, 2.75) is 19.4 Å². The predicted molar refractivity (Wildman–Crippen MR) is 69.8 cm³/mol. The van der Waals surface area contributed by atoms with Crippen molar-refractivity contribution in [1.82, 2.24) is 0 Å². The van der Waals surface area contributed by atoms with Gasteiger partial charge in [-0.25, -0.2) is 0 Å². The molecule has 1 heterocycles. The molecule has 1 fully saturated rings. The zero-order chi connectivity index (χ0) is 12.4. The monoisotopic (exact) mass is 233 g/mol. The van der Waals surface area contributed by atoms with Gasteiger partial charge in [-0.1, -0.05) is 0 Å². The summed E-state index contributed by atoms with van der Waals surface area (Å²) in [5.74, 6) is 0.126. The second-order valence-corrected chi connectivity index (χ2v) is 4.54. The van der Waals surface area contributed by atoms with E-state index < -0.39 is 0 Å². The Morgan fingerprint density at radius 2 is 2.29 bits per heavy atom. The van der Waals surface area contributed by atoms with Gasteiger partial charge in [-0.15, -0.1) is 0 Å². The first kappa shape index (κ1) is 11.9. The summed E-state index contributed by atoms with van der Waals surface area (Å²) in [7, 11) is 2.08. The Labute approximate surface area is 102 Å². The second-order valence-electron chi connectivity index (χ2n) is 4.54. The van der Waals surface area contributed by atoms with E-state index in [4.69, 9.17) is 15.9 Å². The third kappa shape index (κ3) is 2.42. The summed E-state index contributed by atoms with van der Waals surface area (Å²) in [4.78, 5) is 2.24. The SMILES string of the molecule is Cc1cc(N(C)C2CCOC2)ccc1C(=N)N. The van der Waals surface area contributed by atoms with E-state index >= 15 is 0 Å². The maximum Gasteiger partial charge on any atom is 0.123 e. The largest absolute Gasteiger partial charge is 0.384 e. The van der Waals surface area contributed by atoms with E-state index in [-0.39, 0.29) is 5.84 Å². The fourth-order valence-corrected chi connectivity index (χ4v) is 2.21. The Kier molecular flexibility index (Phi) is 3.33. The third-order valence-electron chi connectivity index (χ3n) is 3.36. The average molecular weight is 233 g/mol. The molecule has 0 bridgehead atoms. The maximum absolute atomic E-state index is 7.47. The molecule has 1 saturated heterocycles. The lowest BCUT2D eigenvalue weighted by molar-refractivity contribution is 0.193. The number of nitrogens with zero attached hydrogens (tertiary/aromatic N) is 1. The molecule has 0 saturated carbocycles. The smallest absolute Gasteiger partial charge is 0.123 e. The topological polar surface area (TPSA) is 62.3 Å². The minimum absolute atomic E-state index is 0.126. The number of rotatable bonds is 3. The van der Waals surface area contributed by atoms with Gasteiger partial charge in [0, 0.05) is 24.9 Å². The van der Waals surface area contributed by atoms with Crippen LogP contribution < -0.4 is 10.6 Å². The Balaban J connectivity index is 2.21. The Hall–Kier alpha value is -1.55. The molecule has 0 radical (unpaired) electrons. The van der Waals surface area contributed by atoms with Gasteiger partial charge in [0.1, 0.15) is 5.84 Å². The van der Waals surface area contributed by atoms with Crippen molar-refractivity contribution in [3.63, 3.8) is 0 Å². The van der Waals surface area contributed by atoms with Crippen molar-refractivity contribution in [3.8, 4) is 0 Å². The van der Waals surface area contributed by atoms with Crippen LogP contribution in [0.4, 0.5) is 5.69 Å². The molecule has 1 aliphatic rings. The van der Waals surface area contributed by atoms with E-state index in [0.717, 1.165) is 36.4 Å². The quantitative estimate of drug-likeness (QED) is 0.614. The summed E-state index contributed by atoms with van der Waals surface area (Å²) < 4.78 is 5.40. The van der Waals surface area contributed by atoms with E-state index in [1.54, 1.807) is 0 Å². The summed E-state index contributed by atoms with van der Waals surface area (Å²) in [5, 5.41) is 7.47. The van der Waals surface area contributed by atoms with Gasteiger partial charge in [-0.3, -0.25) is 5.41 Å². The summed E-state index contributed by atoms with van der Waals surface area (Å²) in [6.45, 7) is 3.63. The van der Waals surface area contributed by atoms with Crippen LogP contribution in [0.1, 0.15) is 17.5 Å². The number of nitrogen functional groups attached to an aromatic ring is 1. The lowest BCUT2D eigenvalue weighted by Gasteiger charge is -2.26. The van der Waals surface area contributed by atoms with Crippen LogP contribution in [0.2, 0.25) is 0 Å². The normalized spacial score (nSPS) is 19.3. The van der Waals surface area contributed by atoms with Crippen molar-refractivity contribution >= 4 is 11.5 Å². The molecule has 4 nitrogen and oxygen atoms in total. The van der Waals surface area contributed by atoms with Crippen LogP contribution in [0.15, 0.2) is 18.2 Å². The van der Waals surface area contributed by atoms with Crippen molar-refractivity contribution in [1.29, 1.82) is 5.41 Å². The van der Waals surface area contributed by atoms with Gasteiger partial charge in [-0.05, 0) is 37.1 Å². The number of anilines is 1. The molecule has 4 heteroatoms. The van der Waals surface area contributed by atoms with E-state index in [9.17, 15) is 0 Å². The van der Waals surface area contributed by atoms with Crippen LogP contribution in [-0.4, -0.2) is 32.1 Å². The highest BCUT2D eigenvalue weighted by molar-refractivity contribution is 5.96. The van der Waals surface area contributed by atoms with Gasteiger partial charge >= 0.3 is 0 Å². The molecule has 1 aromatic carbocycles. The number of hydrogen-bond acceptors (Lipinski definition) is 3. The maximum atomic E-state index is 7.47. The number of aryl methyl sites for hydroxylation is 1. The zero-order valence-corrected chi connectivity index (χ0v) is 10.4. The van der Waals surface area contributed by atoms with E-state index in [1.165, 1.54) is 0 Å². The summed E-state index contributed by atoms with van der Waals surface area (Å²) >= 11 is 0. The lowest BCUT2D eigenvalue weighted by atomic mass is 10.1. The predicted octanol–water partition coefficient (Wildman–Crippen LogP) is 1.50. The standard InChI is InChI=1S/C13H19N3O/c1-9-7-10(3-4-12(9)13(14)15)16(2)11-5-6-17-8-11/h3-4,7,11H,5-6,8H2,1-2H3,(H3,14,15). The lowest BCUT2D eigenvalue weighted by Crippen LogP contribution is -2.31. The van der Waals surface area contributed by atoms with Crippen LogP contribution >= 0.6 is 0 Å². The molecule has 1 unspecified atom stereocenters. The number of amidine groups is 1. The third-order valence-corrected chi connectivity index (χ3v) is 3.36. The molecule has 2 rings (SSSR count). The molecule has 0 amide bonds. The summed E-state index contributed by atoms with van der Waals surface area (Å²) in [6.07, 6.45) is 1.07. The molecular weight excluding hydrogens is 214 g/mol. The minimum atomic E-state index is 0.126. The van der Waals surface area contributed by atoms with Crippen LogP contribution in [0.5, 0.6) is 0 Å². The van der Waals surface area contributed by atoms with Crippen molar-refractivity contribution < 1.29 is 4.74 Å². The molecule has 1 aromatic rings. The van der Waals surface area contributed by atoms with Crippen molar-refractivity contribution in [2.75, 3.05) is 25.2 Å². The first-order valence-electron chi connectivity index (χ1n) is 5.85. The zero-order valence-electron chi connectivity index (χ0n) is 10.4. The number of hydrogen-bond donors (Lipinski definition) is 2. The summed E-state index contributed by atoms with van der Waals surface area (Å²) in [6, 6.07) is 6.47. The van der Waals surface area contributed by atoms with E-state index in [2.05, 4.69) is 18.0 Å². The fraction of sp³-hybridized carbons (Fsp3) is 0.462. The van der Waals surface area contributed by atoms with Crippen LogP contribution in [0.3, 0.4) is 0 Å². The van der Waals surface area contributed by atoms with Crippen LogP contribution in [-0.2, 0) is 4.74 Å². The first-order chi connectivity index (χ1) is 8.09. The number of benzene rings is 1. The number of ether oxygens (including phenoxy) is 1. The van der Waals surface area contributed by atoms with Crippen molar-refractivity contribution in [2.24, 2.45) is 5.73 Å². The van der Waals surface area contributed by atoms with E-state index in [0.29, 0.717) is 6.04 Å². The number of nitrogens with one attached hydrogen (secondary N) is 1. The highest BCUT2D eigenvalue weighted by Gasteiger charge is 2.20. The highest BCUT2D eigenvalue weighted by atomic mass is 16.5. The van der Waals surface area contributed by atoms with Gasteiger partial charge in [0.25, 0.3) is 0 Å². The fourth-order valence-electron chi connectivity index (χ4n) is 2.21. The average Bonchev–Trinajstić information content (AvgIpc) is 2.80. The first-order valence-corrected chi connectivity index (χ1v) is 5.85. The Bertz CT molecular complexity index is 425. The van der Waals surface area contributed by atoms with Gasteiger partial charge in [0.05, 0.1) is 12.6 Å². The molecule has 17 heavy (non-hydrogen) atoms. The minimum Gasteiger partial charge on any atom is -0.384 e. The van der Waals surface area contributed by atoms with Gasteiger partial charge in [0.2, 0.25) is 0 Å². The number of likely N-dealkylation sites (N-methyl/N-ethyl adjacent to an activating group) is 1. The highest BCUT2D eigenvalue weighted by Crippen LogP contribution is 2.22. The van der Waals surface area contributed by atoms with Crippen molar-refractivity contribution in [3.05, 3.63) is 29.3 Å². The molecule has 1 atom stereocenters. The Morgan fingerprint density at radius 1 is 1.53 bits per heavy atom. The molecule has 0 aliphatic carbocycles. The molecular formula is C13H19N3O. The van der Waals surface area contributed by atoms with Crippen LogP contribution in [0, 0.1) is 12.3 Å². The molecule has 0 aromatic heterocycles. The molecule has 1 aliphatic heterocycles. The van der Waals surface area contributed by atoms with Gasteiger partial charge in [-0.2, -0.15) is 0 Å². The molecule has 92 valence electrons. The van der Waals surface area contributed by atoms with Gasteiger partial charge in [0.15, 0.2) is 0 Å². The van der Waals surface area contributed by atoms with E-state index in [1.807, 2.05) is 19.1 Å². The summed E-state index contributed by atoms with van der Waals surface area (Å²) in [5.41, 5.74) is 8.52. The molecule has 0 spiro atoms. The van der Waals surface area contributed by atoms with Crippen LogP contribution in [0.25, 0.3) is 0 Å². The second kappa shape index (κ2) is 4.75. The molecule has 3 N–H and O–H groups in total. The Morgan fingerprint density at radius 3 is 2.82 bits per heavy atom.